The number of nitrogens with one attached hydrogen (secondary N) is 1. The summed E-state index contributed by atoms with van der Waals surface area (Å²) in [6.45, 7) is 7.80. The van der Waals surface area contributed by atoms with Crippen LogP contribution in [0.4, 0.5) is 4.39 Å². The molecule has 3 nitrogen and oxygen atoms in total. The largest absolute Gasteiger partial charge is 0.307 e. The smallest absolute Gasteiger partial charge is 0.141 e. The monoisotopic (exact) mass is 279 g/mol. The molecule has 1 saturated heterocycles. The van der Waals surface area contributed by atoms with Crippen molar-refractivity contribution in [3.8, 4) is 0 Å². The van der Waals surface area contributed by atoms with Crippen LogP contribution >= 0.6 is 0 Å². The first kappa shape index (κ1) is 15.4. The van der Waals surface area contributed by atoms with Crippen molar-refractivity contribution in [2.75, 3.05) is 19.6 Å². The van der Waals surface area contributed by atoms with Gasteiger partial charge in [-0.15, -0.1) is 0 Å². The molecule has 20 heavy (non-hydrogen) atoms. The van der Waals surface area contributed by atoms with Gasteiger partial charge in [-0.05, 0) is 51.4 Å². The van der Waals surface area contributed by atoms with Crippen molar-refractivity contribution >= 4 is 0 Å². The molecule has 2 unspecified atom stereocenters. The summed E-state index contributed by atoms with van der Waals surface area (Å²) >= 11 is 0. The second-order valence-corrected chi connectivity index (χ2v) is 5.72. The quantitative estimate of drug-likeness (QED) is 0.867. The molecule has 112 valence electrons. The number of aromatic nitrogens is 1. The predicted molar refractivity (Wildman–Crippen MR) is 80.1 cm³/mol. The molecule has 0 aromatic carbocycles. The number of nitrogens with zero attached hydrogens (tertiary/aromatic N) is 2. The minimum Gasteiger partial charge on any atom is -0.307 e. The molecule has 1 aromatic rings. The molecule has 0 saturated carbocycles. The van der Waals surface area contributed by atoms with Gasteiger partial charge in [-0.25, -0.2) is 4.39 Å². The van der Waals surface area contributed by atoms with E-state index in [1.54, 1.807) is 6.07 Å². The van der Waals surface area contributed by atoms with Crippen LogP contribution in [0.1, 0.15) is 51.3 Å². The van der Waals surface area contributed by atoms with E-state index in [1.807, 2.05) is 0 Å². The molecule has 0 radical (unpaired) electrons. The third kappa shape index (κ3) is 4.25. The number of piperidine rings is 1. The summed E-state index contributed by atoms with van der Waals surface area (Å²) in [7, 11) is 0. The first-order valence-electron chi connectivity index (χ1n) is 7.79. The molecule has 0 spiro atoms. The van der Waals surface area contributed by atoms with Crippen molar-refractivity contribution in [2.24, 2.45) is 0 Å². The van der Waals surface area contributed by atoms with Crippen LogP contribution in [-0.4, -0.2) is 35.6 Å². The molecule has 0 amide bonds. The Kier molecular flexibility index (Phi) is 5.92. The van der Waals surface area contributed by atoms with Gasteiger partial charge in [-0.2, -0.15) is 0 Å². The molecule has 2 atom stereocenters. The molecule has 2 heterocycles. The molecule has 4 heteroatoms. The van der Waals surface area contributed by atoms with E-state index in [2.05, 4.69) is 29.0 Å². The van der Waals surface area contributed by atoms with Crippen LogP contribution in [0, 0.1) is 5.82 Å². The van der Waals surface area contributed by atoms with E-state index < -0.39 is 0 Å². The van der Waals surface area contributed by atoms with Crippen molar-refractivity contribution in [1.29, 1.82) is 0 Å². The van der Waals surface area contributed by atoms with Crippen LogP contribution in [0.25, 0.3) is 0 Å². The third-order valence-electron chi connectivity index (χ3n) is 4.19. The zero-order valence-electron chi connectivity index (χ0n) is 12.6. The van der Waals surface area contributed by atoms with Crippen LogP contribution < -0.4 is 5.32 Å². The van der Waals surface area contributed by atoms with E-state index in [4.69, 9.17) is 0 Å². The second kappa shape index (κ2) is 7.70. The van der Waals surface area contributed by atoms with Crippen LogP contribution in [0.3, 0.4) is 0 Å². The Morgan fingerprint density at radius 2 is 2.05 bits per heavy atom. The lowest BCUT2D eigenvalue weighted by atomic mass is 10.1. The van der Waals surface area contributed by atoms with Gasteiger partial charge in [0.1, 0.15) is 5.82 Å². The number of rotatable bonds is 6. The van der Waals surface area contributed by atoms with Crippen molar-refractivity contribution in [2.45, 2.75) is 51.6 Å². The fourth-order valence-corrected chi connectivity index (χ4v) is 2.85. The highest BCUT2D eigenvalue weighted by Crippen LogP contribution is 2.16. The maximum atomic E-state index is 12.9. The van der Waals surface area contributed by atoms with Crippen molar-refractivity contribution in [3.05, 3.63) is 29.8 Å². The molecule has 2 rings (SSSR count). The Hall–Kier alpha value is -1.00. The zero-order valence-corrected chi connectivity index (χ0v) is 12.6. The number of hydrogen-bond donors (Lipinski definition) is 1. The molecule has 1 aromatic heterocycles. The summed E-state index contributed by atoms with van der Waals surface area (Å²) in [6, 6.07) is 4.02. The van der Waals surface area contributed by atoms with Crippen molar-refractivity contribution in [3.63, 3.8) is 0 Å². The van der Waals surface area contributed by atoms with E-state index >= 15 is 0 Å². The Bertz CT molecular complexity index is 387. The first-order valence-corrected chi connectivity index (χ1v) is 7.79. The zero-order chi connectivity index (χ0) is 14.4. The maximum Gasteiger partial charge on any atom is 0.141 e. The number of halogens is 1. The van der Waals surface area contributed by atoms with E-state index in [0.717, 1.165) is 18.7 Å². The summed E-state index contributed by atoms with van der Waals surface area (Å²) in [4.78, 5) is 6.75. The summed E-state index contributed by atoms with van der Waals surface area (Å²) in [5.74, 6) is -0.273. The highest BCUT2D eigenvalue weighted by molar-refractivity contribution is 5.09. The van der Waals surface area contributed by atoms with E-state index in [1.165, 1.54) is 44.6 Å². The minimum absolute atomic E-state index is 0.211. The third-order valence-corrected chi connectivity index (χ3v) is 4.19. The minimum atomic E-state index is -0.273. The molecular formula is C16H26FN3. The molecule has 0 aliphatic carbocycles. The van der Waals surface area contributed by atoms with E-state index in [-0.39, 0.29) is 11.9 Å². The molecular weight excluding hydrogens is 253 g/mol. The standard InChI is InChI=1S/C16H26FN3/c1-3-15(16-8-7-14(17)12-19-16)18-11-13(2)20-9-5-4-6-10-20/h7-8,12-13,15,18H,3-6,9-11H2,1-2H3. The fraction of sp³-hybridized carbons (Fsp3) is 0.688. The average Bonchev–Trinajstić information content (AvgIpc) is 2.50. The molecule has 1 aliphatic heterocycles. The lowest BCUT2D eigenvalue weighted by Crippen LogP contribution is -2.43. The molecule has 1 fully saturated rings. The van der Waals surface area contributed by atoms with Crippen molar-refractivity contribution < 1.29 is 4.39 Å². The van der Waals surface area contributed by atoms with Gasteiger partial charge >= 0.3 is 0 Å². The van der Waals surface area contributed by atoms with Crippen LogP contribution in [0.5, 0.6) is 0 Å². The lowest BCUT2D eigenvalue weighted by molar-refractivity contribution is 0.167. The maximum absolute atomic E-state index is 12.9. The summed E-state index contributed by atoms with van der Waals surface area (Å²) < 4.78 is 12.9. The van der Waals surface area contributed by atoms with Gasteiger partial charge in [-0.1, -0.05) is 13.3 Å². The van der Waals surface area contributed by atoms with Gasteiger partial charge in [0.15, 0.2) is 0 Å². The molecule has 0 bridgehead atoms. The fourth-order valence-electron chi connectivity index (χ4n) is 2.85. The SMILES string of the molecule is CCC(NCC(C)N1CCCCC1)c1ccc(F)cn1. The van der Waals surface area contributed by atoms with E-state index in [9.17, 15) is 4.39 Å². The number of pyridine rings is 1. The first-order chi connectivity index (χ1) is 9.70. The lowest BCUT2D eigenvalue weighted by Gasteiger charge is -2.33. The Morgan fingerprint density at radius 1 is 1.30 bits per heavy atom. The van der Waals surface area contributed by atoms with Gasteiger partial charge in [0.25, 0.3) is 0 Å². The summed E-state index contributed by atoms with van der Waals surface area (Å²) in [5, 5.41) is 3.58. The van der Waals surface area contributed by atoms with Crippen LogP contribution in [-0.2, 0) is 0 Å². The van der Waals surface area contributed by atoms with Crippen LogP contribution in [0.15, 0.2) is 18.3 Å². The van der Waals surface area contributed by atoms with Gasteiger partial charge in [0.2, 0.25) is 0 Å². The highest BCUT2D eigenvalue weighted by Gasteiger charge is 2.18. The Morgan fingerprint density at radius 3 is 2.65 bits per heavy atom. The molecule has 1 aliphatic rings. The van der Waals surface area contributed by atoms with Gasteiger partial charge in [-0.3, -0.25) is 9.88 Å². The number of hydrogen-bond acceptors (Lipinski definition) is 3. The van der Waals surface area contributed by atoms with Crippen molar-refractivity contribution in [1.82, 2.24) is 15.2 Å². The van der Waals surface area contributed by atoms with Crippen LogP contribution in [0.2, 0.25) is 0 Å². The van der Waals surface area contributed by atoms with Gasteiger partial charge in [0, 0.05) is 18.6 Å². The van der Waals surface area contributed by atoms with Gasteiger partial charge in [0.05, 0.1) is 11.9 Å². The average molecular weight is 279 g/mol. The van der Waals surface area contributed by atoms with E-state index in [0.29, 0.717) is 6.04 Å². The Labute approximate surface area is 121 Å². The number of likely N-dealkylation sites (tertiary alicyclic amines) is 1. The second-order valence-electron chi connectivity index (χ2n) is 5.72. The predicted octanol–water partition coefficient (Wildman–Crippen LogP) is 3.14. The molecule has 1 N–H and O–H groups in total. The topological polar surface area (TPSA) is 28.2 Å². The summed E-state index contributed by atoms with van der Waals surface area (Å²) in [6.07, 6.45) is 6.27. The normalized spacial score (nSPS) is 19.8. The summed E-state index contributed by atoms with van der Waals surface area (Å²) in [5.41, 5.74) is 0.930. The highest BCUT2D eigenvalue weighted by atomic mass is 19.1. The Balaban J connectivity index is 1.85. The van der Waals surface area contributed by atoms with Gasteiger partial charge < -0.3 is 5.32 Å².